The van der Waals surface area contributed by atoms with Crippen molar-refractivity contribution in [1.82, 2.24) is 20.2 Å². The maximum absolute atomic E-state index is 13.7. The van der Waals surface area contributed by atoms with Gasteiger partial charge in [0, 0.05) is 0 Å². The highest BCUT2D eigenvalue weighted by molar-refractivity contribution is 7.99. The van der Waals surface area contributed by atoms with Crippen LogP contribution in [0.4, 0.5) is 4.39 Å². The second-order valence-corrected chi connectivity index (χ2v) is 4.48. The van der Waals surface area contributed by atoms with E-state index in [-0.39, 0.29) is 21.6 Å². The van der Waals surface area contributed by atoms with Gasteiger partial charge in [0.05, 0.1) is 10.8 Å². The summed E-state index contributed by atoms with van der Waals surface area (Å²) in [5.74, 6) is -1.84. The number of carboxylic acid groups (broad SMARTS) is 1. The van der Waals surface area contributed by atoms with Gasteiger partial charge >= 0.3 is 5.97 Å². The first-order chi connectivity index (χ1) is 8.59. The monoisotopic (exact) mass is 288 g/mol. The van der Waals surface area contributed by atoms with Crippen LogP contribution in [0.1, 0.15) is 0 Å². The lowest BCUT2D eigenvalue weighted by Gasteiger charge is -2.06. The fraction of sp³-hybridized carbons (Fsp3) is 0.111. The fourth-order valence-electron chi connectivity index (χ4n) is 1.23. The van der Waals surface area contributed by atoms with Gasteiger partial charge in [0.15, 0.2) is 5.82 Å². The maximum atomic E-state index is 13.7. The van der Waals surface area contributed by atoms with E-state index >= 15 is 0 Å². The number of benzene rings is 1. The van der Waals surface area contributed by atoms with E-state index in [4.69, 9.17) is 16.7 Å². The summed E-state index contributed by atoms with van der Waals surface area (Å²) in [5, 5.41) is 19.5. The predicted octanol–water partition coefficient (Wildman–Crippen LogP) is 1.63. The Kier molecular flexibility index (Phi) is 3.78. The Bertz CT molecular complexity index is 571. The normalized spacial score (nSPS) is 10.6. The third kappa shape index (κ3) is 2.59. The minimum absolute atomic E-state index is 0.00273. The largest absolute Gasteiger partial charge is 0.481 e. The summed E-state index contributed by atoms with van der Waals surface area (Å²) < 4.78 is 14.7. The molecule has 0 unspecified atom stereocenters. The Labute approximate surface area is 110 Å². The Balaban J connectivity index is 2.39. The van der Waals surface area contributed by atoms with E-state index in [2.05, 4.69) is 15.5 Å². The smallest absolute Gasteiger partial charge is 0.313 e. The van der Waals surface area contributed by atoms with Crippen LogP contribution >= 0.6 is 23.4 Å². The molecular formula is C9H6ClFN4O2S. The predicted molar refractivity (Wildman–Crippen MR) is 62.5 cm³/mol. The molecule has 6 nitrogen and oxygen atoms in total. The number of tetrazole rings is 1. The lowest BCUT2D eigenvalue weighted by Crippen LogP contribution is -2.05. The molecule has 1 heterocycles. The number of aromatic nitrogens is 4. The molecule has 0 spiro atoms. The number of nitrogens with zero attached hydrogens (tertiary/aromatic N) is 4. The molecule has 2 rings (SSSR count). The van der Waals surface area contributed by atoms with E-state index in [9.17, 15) is 9.18 Å². The number of hydrogen-bond acceptors (Lipinski definition) is 5. The Hall–Kier alpha value is -1.67. The molecule has 2 aromatic rings. The second-order valence-electron chi connectivity index (χ2n) is 3.13. The van der Waals surface area contributed by atoms with Crippen LogP contribution in [0.3, 0.4) is 0 Å². The molecule has 1 aromatic heterocycles. The van der Waals surface area contributed by atoms with Crippen molar-refractivity contribution >= 4 is 29.3 Å². The third-order valence-electron chi connectivity index (χ3n) is 1.91. The second kappa shape index (κ2) is 5.32. The van der Waals surface area contributed by atoms with Crippen LogP contribution < -0.4 is 0 Å². The quantitative estimate of drug-likeness (QED) is 0.861. The molecule has 0 amide bonds. The van der Waals surface area contributed by atoms with Crippen molar-refractivity contribution in [3.05, 3.63) is 29.0 Å². The number of rotatable bonds is 4. The molecule has 0 aliphatic heterocycles. The molecule has 0 saturated carbocycles. The summed E-state index contributed by atoms with van der Waals surface area (Å²) in [6.07, 6.45) is 0. The molecule has 0 bridgehead atoms. The van der Waals surface area contributed by atoms with Gasteiger partial charge in [-0.25, -0.2) is 4.39 Å². The van der Waals surface area contributed by atoms with Gasteiger partial charge in [-0.2, -0.15) is 4.68 Å². The zero-order valence-corrected chi connectivity index (χ0v) is 10.3. The van der Waals surface area contributed by atoms with Crippen LogP contribution in [0, 0.1) is 5.82 Å². The molecular weight excluding hydrogens is 283 g/mol. The van der Waals surface area contributed by atoms with Gasteiger partial charge < -0.3 is 5.11 Å². The van der Waals surface area contributed by atoms with Crippen LogP contribution in [0.15, 0.2) is 23.4 Å². The molecule has 9 heteroatoms. The molecule has 1 aromatic carbocycles. The molecule has 0 aliphatic carbocycles. The summed E-state index contributed by atoms with van der Waals surface area (Å²) in [4.78, 5) is 10.5. The van der Waals surface area contributed by atoms with E-state index in [1.54, 1.807) is 0 Å². The summed E-state index contributed by atoms with van der Waals surface area (Å²) in [5.41, 5.74) is -0.00273. The first-order valence-corrected chi connectivity index (χ1v) is 6.03. The topological polar surface area (TPSA) is 80.9 Å². The summed E-state index contributed by atoms with van der Waals surface area (Å²) in [7, 11) is 0. The van der Waals surface area contributed by atoms with Crippen LogP contribution in [0.5, 0.6) is 0 Å². The standard InChI is InChI=1S/C9H6ClFN4O2S/c10-5-2-1-3-6(11)8(5)15-9(12-13-14-15)18-4-7(16)17/h1-3H,4H2,(H,16,17). The molecule has 0 saturated heterocycles. The number of halogens is 2. The van der Waals surface area contributed by atoms with Crippen LogP contribution in [0.2, 0.25) is 5.02 Å². The van der Waals surface area contributed by atoms with Gasteiger partial charge in [-0.3, -0.25) is 4.79 Å². The first-order valence-electron chi connectivity index (χ1n) is 4.67. The Morgan fingerprint density at radius 2 is 2.33 bits per heavy atom. The Morgan fingerprint density at radius 1 is 1.56 bits per heavy atom. The van der Waals surface area contributed by atoms with Gasteiger partial charge in [0.25, 0.3) is 0 Å². The van der Waals surface area contributed by atoms with E-state index in [0.29, 0.717) is 0 Å². The number of para-hydroxylation sites is 1. The lowest BCUT2D eigenvalue weighted by atomic mass is 10.3. The van der Waals surface area contributed by atoms with Gasteiger partial charge in [0.1, 0.15) is 5.69 Å². The number of aliphatic carboxylic acids is 1. The van der Waals surface area contributed by atoms with Gasteiger partial charge in [-0.15, -0.1) is 5.10 Å². The SMILES string of the molecule is O=C(O)CSc1nnnn1-c1c(F)cccc1Cl. The zero-order chi connectivity index (χ0) is 13.1. The number of carbonyl (C=O) groups is 1. The first kappa shape index (κ1) is 12.8. The molecule has 0 aliphatic rings. The summed E-state index contributed by atoms with van der Waals surface area (Å²) in [6.45, 7) is 0. The average molecular weight is 289 g/mol. The van der Waals surface area contributed by atoms with Gasteiger partial charge in [0.2, 0.25) is 5.16 Å². The minimum atomic E-state index is -1.02. The summed E-state index contributed by atoms with van der Waals surface area (Å²) >= 11 is 6.75. The number of carboxylic acids is 1. The van der Waals surface area contributed by atoms with Crippen LogP contribution in [-0.4, -0.2) is 37.0 Å². The van der Waals surface area contributed by atoms with Crippen molar-refractivity contribution in [3.63, 3.8) is 0 Å². The molecule has 0 radical (unpaired) electrons. The fourth-order valence-corrected chi connectivity index (χ4v) is 2.07. The zero-order valence-electron chi connectivity index (χ0n) is 8.75. The van der Waals surface area contributed by atoms with Crippen molar-refractivity contribution in [3.8, 4) is 5.69 Å². The highest BCUT2D eigenvalue weighted by atomic mass is 35.5. The Morgan fingerprint density at radius 3 is 3.00 bits per heavy atom. The van der Waals surface area contributed by atoms with Gasteiger partial charge in [-0.1, -0.05) is 29.4 Å². The van der Waals surface area contributed by atoms with E-state index in [1.807, 2.05) is 0 Å². The average Bonchev–Trinajstić information content (AvgIpc) is 2.74. The van der Waals surface area contributed by atoms with E-state index in [0.717, 1.165) is 16.4 Å². The van der Waals surface area contributed by atoms with E-state index < -0.39 is 11.8 Å². The highest BCUT2D eigenvalue weighted by Crippen LogP contribution is 2.26. The van der Waals surface area contributed by atoms with Crippen molar-refractivity contribution < 1.29 is 14.3 Å². The molecule has 1 N–H and O–H groups in total. The summed E-state index contributed by atoms with van der Waals surface area (Å²) in [6, 6.07) is 4.16. The number of thioether (sulfide) groups is 1. The van der Waals surface area contributed by atoms with Crippen molar-refractivity contribution in [2.45, 2.75) is 5.16 Å². The lowest BCUT2D eigenvalue weighted by molar-refractivity contribution is -0.133. The molecule has 0 atom stereocenters. The van der Waals surface area contributed by atoms with Crippen molar-refractivity contribution in [1.29, 1.82) is 0 Å². The van der Waals surface area contributed by atoms with E-state index in [1.165, 1.54) is 18.2 Å². The number of hydrogen-bond donors (Lipinski definition) is 1. The third-order valence-corrected chi connectivity index (χ3v) is 3.12. The molecule has 0 fully saturated rings. The molecule has 94 valence electrons. The molecule has 18 heavy (non-hydrogen) atoms. The highest BCUT2D eigenvalue weighted by Gasteiger charge is 2.16. The van der Waals surface area contributed by atoms with Crippen molar-refractivity contribution in [2.24, 2.45) is 0 Å². The maximum Gasteiger partial charge on any atom is 0.313 e. The van der Waals surface area contributed by atoms with Crippen molar-refractivity contribution in [2.75, 3.05) is 5.75 Å². The van der Waals surface area contributed by atoms with Crippen LogP contribution in [0.25, 0.3) is 5.69 Å². The van der Waals surface area contributed by atoms with Gasteiger partial charge in [-0.05, 0) is 22.6 Å². The van der Waals surface area contributed by atoms with Crippen LogP contribution in [-0.2, 0) is 4.79 Å². The minimum Gasteiger partial charge on any atom is -0.481 e.